The van der Waals surface area contributed by atoms with Gasteiger partial charge in [-0.3, -0.25) is 14.4 Å². The third-order valence-corrected chi connectivity index (χ3v) is 3.49. The van der Waals surface area contributed by atoms with Crippen molar-refractivity contribution < 1.29 is 34.2 Å². The van der Waals surface area contributed by atoms with Gasteiger partial charge >= 0.3 is 5.97 Å². The van der Waals surface area contributed by atoms with Crippen LogP contribution in [0, 0.1) is 5.92 Å². The normalized spacial score (nSPS) is 19.8. The number of aliphatic carboxylic acids is 1. The molecule has 2 heterocycles. The molecular weight excluding hydrogens is 332 g/mol. The van der Waals surface area contributed by atoms with Gasteiger partial charge in [-0.25, -0.2) is 0 Å². The van der Waals surface area contributed by atoms with Crippen LogP contribution in [0.4, 0.5) is 0 Å². The number of carbonyl (C=O) groups is 3. The standard InChI is InChI=1S/C12H15ClN2O5.CH2O2/c13-10-4-8(20-14-10)1-2-11(17)15-5-7(3-12(18)19)9(16)6-15;2-1-3/h4,7,9,16H,1-3,5-6H2,(H,18,19);1H,(H,2,3)/t7-,9-;/m1./s1. The lowest BCUT2D eigenvalue weighted by molar-refractivity contribution is -0.139. The molecule has 10 heteroatoms. The molecule has 0 saturated carbocycles. The van der Waals surface area contributed by atoms with E-state index in [1.807, 2.05) is 0 Å². The highest BCUT2D eigenvalue weighted by atomic mass is 35.5. The number of hydrogen-bond acceptors (Lipinski definition) is 6. The minimum Gasteiger partial charge on any atom is -0.483 e. The Labute approximate surface area is 136 Å². The van der Waals surface area contributed by atoms with E-state index in [0.717, 1.165) is 0 Å². The van der Waals surface area contributed by atoms with Crippen molar-refractivity contribution in [2.24, 2.45) is 5.92 Å². The van der Waals surface area contributed by atoms with Crippen LogP contribution in [0.15, 0.2) is 10.6 Å². The van der Waals surface area contributed by atoms with Gasteiger partial charge in [-0.05, 0) is 0 Å². The van der Waals surface area contributed by atoms with E-state index in [1.54, 1.807) is 6.07 Å². The van der Waals surface area contributed by atoms with Crippen LogP contribution < -0.4 is 0 Å². The van der Waals surface area contributed by atoms with Gasteiger partial charge in [0.1, 0.15) is 5.76 Å². The van der Waals surface area contributed by atoms with Crippen LogP contribution in [0.1, 0.15) is 18.6 Å². The first-order valence-electron chi connectivity index (χ1n) is 6.74. The summed E-state index contributed by atoms with van der Waals surface area (Å²) in [5, 5.41) is 29.1. The summed E-state index contributed by atoms with van der Waals surface area (Å²) in [5.41, 5.74) is 0. The van der Waals surface area contributed by atoms with Crippen molar-refractivity contribution >= 4 is 29.9 Å². The minimum absolute atomic E-state index is 0.136. The van der Waals surface area contributed by atoms with Gasteiger partial charge in [-0.2, -0.15) is 0 Å². The number of carboxylic acids is 1. The molecule has 0 aliphatic carbocycles. The molecular formula is C13H17ClN2O7. The summed E-state index contributed by atoms with van der Waals surface area (Å²) in [6.07, 6.45) is -0.343. The number of aliphatic hydroxyl groups excluding tert-OH is 1. The lowest BCUT2D eigenvalue weighted by Gasteiger charge is -2.15. The van der Waals surface area contributed by atoms with Crippen molar-refractivity contribution in [3.05, 3.63) is 17.0 Å². The second-order valence-corrected chi connectivity index (χ2v) is 5.33. The van der Waals surface area contributed by atoms with Gasteiger partial charge in [0.25, 0.3) is 6.47 Å². The molecule has 0 spiro atoms. The molecule has 1 aromatic rings. The molecule has 23 heavy (non-hydrogen) atoms. The maximum Gasteiger partial charge on any atom is 0.303 e. The van der Waals surface area contributed by atoms with Gasteiger partial charge in [0.2, 0.25) is 5.91 Å². The number of β-amino-alcohol motifs (C(OH)–C–C–N with tert-alkyl or cyclic N) is 1. The summed E-state index contributed by atoms with van der Waals surface area (Å²) in [6.45, 7) is 0.192. The van der Waals surface area contributed by atoms with Gasteiger partial charge in [0.15, 0.2) is 5.15 Å². The van der Waals surface area contributed by atoms with E-state index in [-0.39, 0.29) is 43.5 Å². The highest BCUT2D eigenvalue weighted by Crippen LogP contribution is 2.21. The molecule has 1 fully saturated rings. The van der Waals surface area contributed by atoms with Gasteiger partial charge in [-0.15, -0.1) is 0 Å². The van der Waals surface area contributed by atoms with Crippen LogP contribution in [0.2, 0.25) is 5.15 Å². The fourth-order valence-electron chi connectivity index (χ4n) is 2.28. The van der Waals surface area contributed by atoms with Crippen molar-refractivity contribution in [1.82, 2.24) is 10.1 Å². The smallest absolute Gasteiger partial charge is 0.303 e. The molecule has 128 valence electrons. The molecule has 1 aliphatic heterocycles. The molecule has 0 bridgehead atoms. The molecule has 1 aromatic heterocycles. The predicted molar refractivity (Wildman–Crippen MR) is 76.9 cm³/mol. The second kappa shape index (κ2) is 9.11. The highest BCUT2D eigenvalue weighted by molar-refractivity contribution is 6.29. The van der Waals surface area contributed by atoms with E-state index >= 15 is 0 Å². The van der Waals surface area contributed by atoms with Gasteiger partial charge in [-0.1, -0.05) is 16.8 Å². The van der Waals surface area contributed by atoms with E-state index < -0.39 is 18.0 Å². The first kappa shape index (κ1) is 18.9. The summed E-state index contributed by atoms with van der Waals surface area (Å²) in [4.78, 5) is 32.5. The van der Waals surface area contributed by atoms with E-state index in [1.165, 1.54) is 4.90 Å². The number of aliphatic hydroxyl groups is 1. The Morgan fingerprint density at radius 2 is 2.13 bits per heavy atom. The van der Waals surface area contributed by atoms with Crippen LogP contribution in [-0.2, 0) is 20.8 Å². The van der Waals surface area contributed by atoms with E-state index in [2.05, 4.69) is 5.16 Å². The lowest BCUT2D eigenvalue weighted by Crippen LogP contribution is -2.29. The number of hydrogen-bond donors (Lipinski definition) is 3. The van der Waals surface area contributed by atoms with Crippen molar-refractivity contribution in [3.63, 3.8) is 0 Å². The Hall–Kier alpha value is -2.13. The number of nitrogens with zero attached hydrogens (tertiary/aromatic N) is 2. The Morgan fingerprint density at radius 1 is 1.48 bits per heavy atom. The molecule has 3 N–H and O–H groups in total. The summed E-state index contributed by atoms with van der Waals surface area (Å²) < 4.78 is 4.89. The SMILES string of the molecule is O=C(O)C[C@@H]1CN(C(=O)CCc2cc(Cl)no2)C[C@H]1O.O=CO. The summed E-state index contributed by atoms with van der Waals surface area (Å²) in [7, 11) is 0. The average Bonchev–Trinajstić information content (AvgIpc) is 3.03. The zero-order chi connectivity index (χ0) is 17.4. The van der Waals surface area contributed by atoms with Gasteiger partial charge in [0, 0.05) is 37.9 Å². The maximum atomic E-state index is 12.0. The third kappa shape index (κ3) is 6.25. The van der Waals surface area contributed by atoms with Crippen molar-refractivity contribution in [2.75, 3.05) is 13.1 Å². The first-order valence-corrected chi connectivity index (χ1v) is 7.11. The first-order chi connectivity index (χ1) is 10.9. The third-order valence-electron chi connectivity index (χ3n) is 3.31. The van der Waals surface area contributed by atoms with Crippen LogP contribution >= 0.6 is 11.6 Å². The Balaban J connectivity index is 0.000000816. The monoisotopic (exact) mass is 348 g/mol. The average molecular weight is 349 g/mol. The molecule has 0 radical (unpaired) electrons. The highest BCUT2D eigenvalue weighted by Gasteiger charge is 2.34. The van der Waals surface area contributed by atoms with Crippen molar-refractivity contribution in [1.29, 1.82) is 0 Å². The van der Waals surface area contributed by atoms with Crippen LogP contribution in [-0.4, -0.2) is 62.9 Å². The minimum atomic E-state index is -0.973. The molecule has 1 saturated heterocycles. The zero-order valence-electron chi connectivity index (χ0n) is 12.1. The van der Waals surface area contributed by atoms with E-state index in [0.29, 0.717) is 12.2 Å². The molecule has 1 amide bonds. The molecule has 1 aliphatic rings. The van der Waals surface area contributed by atoms with Gasteiger partial charge in [0.05, 0.1) is 12.5 Å². The predicted octanol–water partition coefficient (Wildman–Crippen LogP) is 0.255. The Bertz CT molecular complexity index is 548. The number of carbonyl (C=O) groups excluding carboxylic acids is 1. The molecule has 0 unspecified atom stereocenters. The number of carboxylic acid groups (broad SMARTS) is 2. The van der Waals surface area contributed by atoms with Crippen molar-refractivity contribution in [2.45, 2.75) is 25.4 Å². The molecule has 0 aromatic carbocycles. The van der Waals surface area contributed by atoms with Crippen LogP contribution in [0.3, 0.4) is 0 Å². The summed E-state index contributed by atoms with van der Waals surface area (Å²) in [6, 6.07) is 1.54. The lowest BCUT2D eigenvalue weighted by atomic mass is 10.0. The fourth-order valence-corrected chi connectivity index (χ4v) is 2.43. The maximum absolute atomic E-state index is 12.0. The van der Waals surface area contributed by atoms with Crippen LogP contribution in [0.25, 0.3) is 0 Å². The quantitative estimate of drug-likeness (QED) is 0.643. The second-order valence-electron chi connectivity index (χ2n) is 4.95. The fraction of sp³-hybridized carbons (Fsp3) is 0.538. The topological polar surface area (TPSA) is 141 Å². The number of likely N-dealkylation sites (tertiary alicyclic amines) is 1. The summed E-state index contributed by atoms with van der Waals surface area (Å²) in [5.74, 6) is -1.01. The Morgan fingerprint density at radius 3 is 2.65 bits per heavy atom. The van der Waals surface area contributed by atoms with E-state index in [9.17, 15) is 14.7 Å². The molecule has 2 atom stereocenters. The number of aromatic nitrogens is 1. The number of aryl methyl sites for hydroxylation is 1. The number of amides is 1. The van der Waals surface area contributed by atoms with Gasteiger partial charge < -0.3 is 24.7 Å². The number of halogens is 1. The van der Waals surface area contributed by atoms with Crippen molar-refractivity contribution in [3.8, 4) is 0 Å². The van der Waals surface area contributed by atoms with Crippen LogP contribution in [0.5, 0.6) is 0 Å². The Kier molecular flexibility index (Phi) is 7.49. The zero-order valence-corrected chi connectivity index (χ0v) is 12.8. The summed E-state index contributed by atoms with van der Waals surface area (Å²) >= 11 is 5.60. The molecule has 2 rings (SSSR count). The largest absolute Gasteiger partial charge is 0.483 e. The van der Waals surface area contributed by atoms with E-state index in [4.69, 9.17) is 31.1 Å². The molecule has 9 nitrogen and oxygen atoms in total. The number of rotatable bonds is 5.